The molecule has 0 fully saturated rings. The highest BCUT2D eigenvalue weighted by Crippen LogP contribution is 2.13. The van der Waals surface area contributed by atoms with Crippen molar-refractivity contribution in [3.63, 3.8) is 0 Å². The van der Waals surface area contributed by atoms with Crippen molar-refractivity contribution < 1.29 is 29.9 Å². The molecule has 6 heteroatoms. The van der Waals surface area contributed by atoms with E-state index in [2.05, 4.69) is 4.89 Å². The van der Waals surface area contributed by atoms with Gasteiger partial charge >= 0.3 is 11.9 Å². The Kier molecular flexibility index (Phi) is 3.37. The molecule has 0 unspecified atom stereocenters. The fraction of sp³-hybridized carbons (Fsp3) is 0.111. The van der Waals surface area contributed by atoms with Crippen molar-refractivity contribution in [2.24, 2.45) is 0 Å². The average Bonchev–Trinajstić information content (AvgIpc) is 2.17. The van der Waals surface area contributed by atoms with Gasteiger partial charge in [-0.15, -0.1) is 0 Å². The Morgan fingerprint density at radius 3 is 2.20 bits per heavy atom. The van der Waals surface area contributed by atoms with E-state index in [0.717, 1.165) is 12.1 Å². The lowest BCUT2D eigenvalue weighted by atomic mass is 10.0. The molecule has 6 nitrogen and oxygen atoms in total. The van der Waals surface area contributed by atoms with Crippen LogP contribution in [0.15, 0.2) is 18.2 Å². The lowest BCUT2D eigenvalue weighted by molar-refractivity contribution is -0.253. The van der Waals surface area contributed by atoms with Crippen molar-refractivity contribution in [3.8, 4) is 0 Å². The van der Waals surface area contributed by atoms with Gasteiger partial charge < -0.3 is 10.2 Å². The Balaban J connectivity index is 3.21. The van der Waals surface area contributed by atoms with E-state index in [1.807, 2.05) is 0 Å². The Hall–Kier alpha value is -1.92. The maximum Gasteiger partial charge on any atom is 0.336 e. The summed E-state index contributed by atoms with van der Waals surface area (Å²) in [5.41, 5.74) is -0.263. The van der Waals surface area contributed by atoms with Crippen LogP contribution in [0.1, 0.15) is 26.3 Å². The molecule has 15 heavy (non-hydrogen) atoms. The molecule has 1 aromatic rings. The standard InChI is InChI=1S/C9H8O6/c10-8(11)6-2-1-5(4-15-14)3-7(6)9(12)13/h1-3,14H,4H2,(H,10,11)(H,12,13). The Labute approximate surface area is 84.3 Å². The van der Waals surface area contributed by atoms with E-state index in [4.69, 9.17) is 15.5 Å². The Bertz CT molecular complexity index is 398. The summed E-state index contributed by atoms with van der Waals surface area (Å²) in [6.45, 7) is -0.194. The molecule has 3 N–H and O–H groups in total. The van der Waals surface area contributed by atoms with Gasteiger partial charge in [-0.05, 0) is 17.7 Å². The van der Waals surface area contributed by atoms with E-state index in [1.165, 1.54) is 6.07 Å². The van der Waals surface area contributed by atoms with Crippen molar-refractivity contribution >= 4 is 11.9 Å². The van der Waals surface area contributed by atoms with Gasteiger partial charge in [0.15, 0.2) is 0 Å². The van der Waals surface area contributed by atoms with Crippen LogP contribution in [-0.4, -0.2) is 27.4 Å². The van der Waals surface area contributed by atoms with Crippen molar-refractivity contribution in [3.05, 3.63) is 34.9 Å². The van der Waals surface area contributed by atoms with Crippen LogP contribution in [-0.2, 0) is 11.5 Å². The molecule has 1 rings (SSSR count). The molecule has 0 aliphatic carbocycles. The second-order valence-electron chi connectivity index (χ2n) is 2.76. The van der Waals surface area contributed by atoms with E-state index in [1.54, 1.807) is 0 Å². The van der Waals surface area contributed by atoms with Crippen molar-refractivity contribution in [1.29, 1.82) is 0 Å². The smallest absolute Gasteiger partial charge is 0.336 e. The summed E-state index contributed by atoms with van der Waals surface area (Å²) in [6.07, 6.45) is 0. The van der Waals surface area contributed by atoms with Crippen molar-refractivity contribution in [1.82, 2.24) is 0 Å². The number of benzene rings is 1. The Morgan fingerprint density at radius 2 is 1.73 bits per heavy atom. The highest BCUT2D eigenvalue weighted by molar-refractivity contribution is 6.01. The highest BCUT2D eigenvalue weighted by Gasteiger charge is 2.16. The molecule has 0 saturated carbocycles. The van der Waals surface area contributed by atoms with Crippen LogP contribution in [0.25, 0.3) is 0 Å². The van der Waals surface area contributed by atoms with Gasteiger partial charge in [-0.2, -0.15) is 0 Å². The van der Waals surface area contributed by atoms with Crippen molar-refractivity contribution in [2.75, 3.05) is 0 Å². The molecule has 0 aromatic heterocycles. The monoisotopic (exact) mass is 212 g/mol. The van der Waals surface area contributed by atoms with Crippen LogP contribution in [0, 0.1) is 0 Å². The largest absolute Gasteiger partial charge is 0.478 e. The number of hydrogen-bond acceptors (Lipinski definition) is 4. The van der Waals surface area contributed by atoms with E-state index >= 15 is 0 Å². The molecule has 0 aliphatic heterocycles. The molecule has 0 aliphatic rings. The summed E-state index contributed by atoms with van der Waals surface area (Å²) < 4.78 is 0. The first-order valence-electron chi connectivity index (χ1n) is 3.92. The van der Waals surface area contributed by atoms with Crippen LogP contribution in [0.3, 0.4) is 0 Å². The number of aromatic carboxylic acids is 2. The first-order chi connectivity index (χ1) is 7.06. The molecule has 0 atom stereocenters. The quantitative estimate of drug-likeness (QED) is 0.509. The lowest BCUT2D eigenvalue weighted by Gasteiger charge is -2.04. The minimum Gasteiger partial charge on any atom is -0.478 e. The first-order valence-corrected chi connectivity index (χ1v) is 3.92. The normalized spacial score (nSPS) is 9.93. The molecule has 0 bridgehead atoms. The minimum absolute atomic E-state index is 0.194. The second-order valence-corrected chi connectivity index (χ2v) is 2.76. The van der Waals surface area contributed by atoms with E-state index in [-0.39, 0.29) is 17.7 Å². The zero-order chi connectivity index (χ0) is 11.4. The summed E-state index contributed by atoms with van der Waals surface area (Å²) in [4.78, 5) is 25.2. The fourth-order valence-corrected chi connectivity index (χ4v) is 1.12. The van der Waals surface area contributed by atoms with Gasteiger partial charge in [-0.1, -0.05) is 6.07 Å². The number of hydrogen-bond donors (Lipinski definition) is 3. The van der Waals surface area contributed by atoms with E-state index in [0.29, 0.717) is 5.56 Å². The molecule has 0 saturated heterocycles. The summed E-state index contributed by atoms with van der Waals surface area (Å²) in [5.74, 6) is -2.66. The fourth-order valence-electron chi connectivity index (χ4n) is 1.12. The van der Waals surface area contributed by atoms with Gasteiger partial charge in [-0.3, -0.25) is 5.26 Å². The molecule has 0 heterocycles. The molecule has 0 amide bonds. The number of carbonyl (C=O) groups is 2. The van der Waals surface area contributed by atoms with E-state index < -0.39 is 11.9 Å². The van der Waals surface area contributed by atoms with Gasteiger partial charge in [-0.25, -0.2) is 14.5 Å². The third-order valence-corrected chi connectivity index (χ3v) is 1.78. The number of carboxylic acid groups (broad SMARTS) is 2. The molecular formula is C9H8O6. The average molecular weight is 212 g/mol. The van der Waals surface area contributed by atoms with Gasteiger partial charge in [0.1, 0.15) is 6.61 Å². The van der Waals surface area contributed by atoms with Gasteiger partial charge in [0.05, 0.1) is 11.1 Å². The summed E-state index contributed by atoms with van der Waals surface area (Å²) in [5, 5.41) is 25.6. The molecule has 80 valence electrons. The maximum absolute atomic E-state index is 10.7. The maximum atomic E-state index is 10.7. The second kappa shape index (κ2) is 4.54. The SMILES string of the molecule is O=C(O)c1ccc(COO)cc1C(=O)O. The van der Waals surface area contributed by atoms with Crippen molar-refractivity contribution in [2.45, 2.75) is 6.61 Å². The molecule has 0 radical (unpaired) electrons. The zero-order valence-electron chi connectivity index (χ0n) is 7.51. The summed E-state index contributed by atoms with van der Waals surface area (Å²) >= 11 is 0. The van der Waals surface area contributed by atoms with Crippen LogP contribution in [0.2, 0.25) is 0 Å². The van der Waals surface area contributed by atoms with Gasteiger partial charge in [0.2, 0.25) is 0 Å². The zero-order valence-corrected chi connectivity index (χ0v) is 7.51. The third kappa shape index (κ3) is 2.52. The summed E-state index contributed by atoms with van der Waals surface area (Å²) in [7, 11) is 0. The molecule has 1 aromatic carbocycles. The van der Waals surface area contributed by atoms with Crippen LogP contribution < -0.4 is 0 Å². The number of rotatable bonds is 4. The topological polar surface area (TPSA) is 104 Å². The third-order valence-electron chi connectivity index (χ3n) is 1.78. The Morgan fingerprint density at radius 1 is 1.13 bits per heavy atom. The molecule has 0 spiro atoms. The predicted molar refractivity (Wildman–Crippen MR) is 47.8 cm³/mol. The summed E-state index contributed by atoms with van der Waals surface area (Å²) in [6, 6.07) is 3.66. The lowest BCUT2D eigenvalue weighted by Crippen LogP contribution is -2.08. The predicted octanol–water partition coefficient (Wildman–Crippen LogP) is 1.07. The van der Waals surface area contributed by atoms with Gasteiger partial charge in [0.25, 0.3) is 0 Å². The first kappa shape index (κ1) is 11.2. The number of carboxylic acids is 2. The highest BCUT2D eigenvalue weighted by atomic mass is 17.1. The van der Waals surface area contributed by atoms with Crippen LogP contribution in [0.5, 0.6) is 0 Å². The van der Waals surface area contributed by atoms with Gasteiger partial charge in [0, 0.05) is 0 Å². The van der Waals surface area contributed by atoms with Crippen LogP contribution in [0.4, 0.5) is 0 Å². The van der Waals surface area contributed by atoms with Crippen LogP contribution >= 0.6 is 0 Å². The van der Waals surface area contributed by atoms with E-state index in [9.17, 15) is 9.59 Å². The minimum atomic E-state index is -1.34. The molecular weight excluding hydrogens is 204 g/mol.